The average Bonchev–Trinajstić information content (AvgIpc) is 2.71. The summed E-state index contributed by atoms with van der Waals surface area (Å²) < 4.78 is 1.80. The zero-order valence-corrected chi connectivity index (χ0v) is 7.41. The molecule has 70 valence electrons. The third-order valence-electron chi connectivity index (χ3n) is 1.97. The molecular weight excluding hydrogens is 179 g/mol. The fourth-order valence-electron chi connectivity index (χ4n) is 1.26. The number of benzene rings is 1. The van der Waals surface area contributed by atoms with Crippen molar-refractivity contribution >= 4 is 12.6 Å². The highest BCUT2D eigenvalue weighted by atomic mass is 16.4. The van der Waals surface area contributed by atoms with E-state index in [-0.39, 0.29) is 0 Å². The summed E-state index contributed by atoms with van der Waals surface area (Å²) in [4.78, 5) is 3.91. The lowest BCUT2D eigenvalue weighted by Crippen LogP contribution is -2.29. The molecule has 0 unspecified atom stereocenters. The van der Waals surface area contributed by atoms with Crippen molar-refractivity contribution in [2.45, 2.75) is 0 Å². The second kappa shape index (κ2) is 3.65. The SMILES string of the molecule is OB(O)c1cccc(-n2ccnc2)c1. The molecular formula is C9H9BN2O2. The zero-order chi connectivity index (χ0) is 9.97. The first-order valence-electron chi connectivity index (χ1n) is 4.22. The van der Waals surface area contributed by atoms with E-state index in [9.17, 15) is 0 Å². The summed E-state index contributed by atoms with van der Waals surface area (Å²) in [7, 11) is -1.43. The van der Waals surface area contributed by atoms with Gasteiger partial charge in [0, 0.05) is 18.1 Å². The average molecular weight is 188 g/mol. The highest BCUT2D eigenvalue weighted by Crippen LogP contribution is 2.04. The molecule has 4 nitrogen and oxygen atoms in total. The maximum absolute atomic E-state index is 8.98. The Hall–Kier alpha value is -1.59. The summed E-state index contributed by atoms with van der Waals surface area (Å²) in [6.07, 6.45) is 5.12. The maximum atomic E-state index is 8.98. The number of rotatable bonds is 2. The predicted octanol–water partition coefficient (Wildman–Crippen LogP) is -0.448. The minimum atomic E-state index is -1.43. The lowest BCUT2D eigenvalue weighted by atomic mass is 9.80. The van der Waals surface area contributed by atoms with Gasteiger partial charge < -0.3 is 14.6 Å². The van der Waals surface area contributed by atoms with Gasteiger partial charge in [0.15, 0.2) is 0 Å². The van der Waals surface area contributed by atoms with E-state index in [0.29, 0.717) is 5.46 Å². The molecule has 0 bridgehead atoms. The van der Waals surface area contributed by atoms with Gasteiger partial charge in [0.2, 0.25) is 0 Å². The Kier molecular flexibility index (Phi) is 2.34. The summed E-state index contributed by atoms with van der Waals surface area (Å²) >= 11 is 0. The van der Waals surface area contributed by atoms with Crippen molar-refractivity contribution in [2.24, 2.45) is 0 Å². The van der Waals surface area contributed by atoms with Crippen molar-refractivity contribution in [3.8, 4) is 5.69 Å². The van der Waals surface area contributed by atoms with Gasteiger partial charge >= 0.3 is 7.12 Å². The highest BCUT2D eigenvalue weighted by Gasteiger charge is 2.10. The standard InChI is InChI=1S/C9H9BN2O2/c13-10(14)8-2-1-3-9(6-8)12-5-4-11-7-12/h1-7,13-14H. The maximum Gasteiger partial charge on any atom is 0.488 e. The van der Waals surface area contributed by atoms with Gasteiger partial charge in [0.05, 0.1) is 6.33 Å². The van der Waals surface area contributed by atoms with Crippen LogP contribution in [0.15, 0.2) is 43.0 Å². The Labute approximate surface area is 81.6 Å². The van der Waals surface area contributed by atoms with E-state index in [1.54, 1.807) is 41.5 Å². The highest BCUT2D eigenvalue weighted by molar-refractivity contribution is 6.58. The van der Waals surface area contributed by atoms with Crippen LogP contribution in [0.4, 0.5) is 0 Å². The molecule has 0 amide bonds. The quantitative estimate of drug-likeness (QED) is 0.627. The molecule has 1 heterocycles. The van der Waals surface area contributed by atoms with Crippen molar-refractivity contribution in [3.63, 3.8) is 0 Å². The molecule has 2 rings (SSSR count). The molecule has 2 aromatic rings. The van der Waals surface area contributed by atoms with Gasteiger partial charge in [-0.3, -0.25) is 0 Å². The van der Waals surface area contributed by atoms with E-state index in [2.05, 4.69) is 4.98 Å². The van der Waals surface area contributed by atoms with Gasteiger partial charge in [0.1, 0.15) is 0 Å². The summed E-state index contributed by atoms with van der Waals surface area (Å²) in [5.74, 6) is 0. The first-order chi connectivity index (χ1) is 6.77. The zero-order valence-electron chi connectivity index (χ0n) is 7.41. The van der Waals surface area contributed by atoms with Crippen LogP contribution in [0.5, 0.6) is 0 Å². The van der Waals surface area contributed by atoms with Crippen LogP contribution in [-0.2, 0) is 0 Å². The Morgan fingerprint density at radius 2 is 2.14 bits per heavy atom. The van der Waals surface area contributed by atoms with E-state index in [1.165, 1.54) is 0 Å². The summed E-state index contributed by atoms with van der Waals surface area (Å²) in [5.41, 5.74) is 1.32. The largest absolute Gasteiger partial charge is 0.488 e. The second-order valence-corrected chi connectivity index (χ2v) is 2.94. The molecule has 0 spiro atoms. The molecule has 1 aromatic carbocycles. The Morgan fingerprint density at radius 3 is 2.79 bits per heavy atom. The predicted molar refractivity (Wildman–Crippen MR) is 53.4 cm³/mol. The van der Waals surface area contributed by atoms with Crippen molar-refractivity contribution in [3.05, 3.63) is 43.0 Å². The van der Waals surface area contributed by atoms with Crippen molar-refractivity contribution < 1.29 is 10.0 Å². The van der Waals surface area contributed by atoms with Crippen LogP contribution in [0, 0.1) is 0 Å². The van der Waals surface area contributed by atoms with Crippen LogP contribution < -0.4 is 5.46 Å². The molecule has 0 aliphatic rings. The van der Waals surface area contributed by atoms with Crippen LogP contribution in [0.1, 0.15) is 0 Å². The smallest absolute Gasteiger partial charge is 0.423 e. The van der Waals surface area contributed by atoms with Gasteiger partial charge in [-0.1, -0.05) is 12.1 Å². The molecule has 0 saturated carbocycles. The van der Waals surface area contributed by atoms with Crippen molar-refractivity contribution in [1.82, 2.24) is 9.55 Å². The Balaban J connectivity index is 2.41. The summed E-state index contributed by atoms with van der Waals surface area (Å²) in [5, 5.41) is 18.0. The minimum absolute atomic E-state index is 0.469. The third-order valence-corrected chi connectivity index (χ3v) is 1.97. The van der Waals surface area contributed by atoms with Crippen LogP contribution in [0.25, 0.3) is 5.69 Å². The number of nitrogens with zero attached hydrogens (tertiary/aromatic N) is 2. The number of hydrogen-bond donors (Lipinski definition) is 2. The van der Waals surface area contributed by atoms with Crippen molar-refractivity contribution in [1.29, 1.82) is 0 Å². The van der Waals surface area contributed by atoms with Gasteiger partial charge in [0.25, 0.3) is 0 Å². The number of hydrogen-bond acceptors (Lipinski definition) is 3. The fourth-order valence-corrected chi connectivity index (χ4v) is 1.26. The minimum Gasteiger partial charge on any atom is -0.423 e. The first-order valence-corrected chi connectivity index (χ1v) is 4.22. The van der Waals surface area contributed by atoms with E-state index >= 15 is 0 Å². The van der Waals surface area contributed by atoms with E-state index in [1.807, 2.05) is 6.07 Å². The first kappa shape index (κ1) is 8.99. The summed E-state index contributed by atoms with van der Waals surface area (Å²) in [6, 6.07) is 7.00. The van der Waals surface area contributed by atoms with E-state index < -0.39 is 7.12 Å². The molecule has 5 heteroatoms. The van der Waals surface area contributed by atoms with Gasteiger partial charge in [-0.2, -0.15) is 0 Å². The lowest BCUT2D eigenvalue weighted by Gasteiger charge is -2.04. The molecule has 0 aliphatic heterocycles. The number of aromatic nitrogens is 2. The lowest BCUT2D eigenvalue weighted by molar-refractivity contribution is 0.426. The van der Waals surface area contributed by atoms with Crippen LogP contribution in [-0.4, -0.2) is 26.7 Å². The topological polar surface area (TPSA) is 58.3 Å². The molecule has 0 aliphatic carbocycles. The molecule has 14 heavy (non-hydrogen) atoms. The monoisotopic (exact) mass is 188 g/mol. The Bertz CT molecular complexity index is 415. The van der Waals surface area contributed by atoms with Crippen LogP contribution in [0.3, 0.4) is 0 Å². The molecule has 0 fully saturated rings. The van der Waals surface area contributed by atoms with Gasteiger partial charge in [-0.25, -0.2) is 4.98 Å². The van der Waals surface area contributed by atoms with Gasteiger partial charge in [-0.05, 0) is 17.6 Å². The Morgan fingerprint density at radius 1 is 1.29 bits per heavy atom. The molecule has 0 saturated heterocycles. The normalized spacial score (nSPS) is 10.1. The van der Waals surface area contributed by atoms with Crippen LogP contribution >= 0.6 is 0 Å². The van der Waals surface area contributed by atoms with Gasteiger partial charge in [-0.15, -0.1) is 0 Å². The van der Waals surface area contributed by atoms with E-state index in [0.717, 1.165) is 5.69 Å². The van der Waals surface area contributed by atoms with Crippen molar-refractivity contribution in [2.75, 3.05) is 0 Å². The molecule has 1 aromatic heterocycles. The third kappa shape index (κ3) is 1.68. The molecule has 0 atom stereocenters. The summed E-state index contributed by atoms with van der Waals surface area (Å²) in [6.45, 7) is 0. The number of imidazole rings is 1. The second-order valence-electron chi connectivity index (χ2n) is 2.94. The fraction of sp³-hybridized carbons (Fsp3) is 0. The molecule has 2 N–H and O–H groups in total. The van der Waals surface area contributed by atoms with E-state index in [4.69, 9.17) is 10.0 Å². The van der Waals surface area contributed by atoms with Crippen LogP contribution in [0.2, 0.25) is 0 Å². The molecule has 0 radical (unpaired) electrons.